The number of ether oxygens (including phenoxy) is 2. The lowest BCUT2D eigenvalue weighted by atomic mass is 9.86. The summed E-state index contributed by atoms with van der Waals surface area (Å²) < 4.78 is 29.4. The standard InChI is InChI=1S/C37H42FN3O5/c1-21-25-13-10-18-45-32(25)28(38)19-26(21)31-27-20-29(35(42)41-16-14-24(15-17-41)23-11-8-7-9-12-23)40(6)34(27)39-22(2)30(31)33(36(43)44)46-37(3,4)5/h7-9,11-12,19-20,24,33H,10,13-18H2,1-6H3,(H,43,44). The van der Waals surface area contributed by atoms with Gasteiger partial charge in [-0.3, -0.25) is 4.79 Å². The number of halogens is 1. The summed E-state index contributed by atoms with van der Waals surface area (Å²) in [5.74, 6) is -1.13. The fourth-order valence-electron chi connectivity index (χ4n) is 7.08. The summed E-state index contributed by atoms with van der Waals surface area (Å²) in [4.78, 5) is 33.7. The Bertz CT molecular complexity index is 1820. The van der Waals surface area contributed by atoms with Crippen LogP contribution >= 0.6 is 0 Å². The number of benzene rings is 2. The topological polar surface area (TPSA) is 93.9 Å². The molecule has 1 atom stereocenters. The number of rotatable bonds is 6. The number of carboxylic acids is 1. The fraction of sp³-hybridized carbons (Fsp3) is 0.432. The molecule has 2 aromatic heterocycles. The predicted octanol–water partition coefficient (Wildman–Crippen LogP) is 7.28. The summed E-state index contributed by atoms with van der Waals surface area (Å²) in [6, 6.07) is 13.6. The normalized spacial score (nSPS) is 16.3. The van der Waals surface area contributed by atoms with Gasteiger partial charge in [-0.15, -0.1) is 0 Å². The average molecular weight is 628 g/mol. The van der Waals surface area contributed by atoms with Crippen LogP contribution in [0.25, 0.3) is 22.2 Å². The number of aryl methyl sites for hydroxylation is 2. The molecule has 2 aromatic carbocycles. The smallest absolute Gasteiger partial charge is 0.337 e. The summed E-state index contributed by atoms with van der Waals surface area (Å²) in [6.07, 6.45) is 1.76. The summed E-state index contributed by atoms with van der Waals surface area (Å²) in [5.41, 5.74) is 4.89. The Morgan fingerprint density at radius 1 is 1.11 bits per heavy atom. The van der Waals surface area contributed by atoms with Crippen LogP contribution in [0.5, 0.6) is 5.75 Å². The first-order valence-electron chi connectivity index (χ1n) is 16.1. The molecule has 0 saturated carbocycles. The summed E-state index contributed by atoms with van der Waals surface area (Å²) >= 11 is 0. The maximum Gasteiger partial charge on any atom is 0.337 e. The van der Waals surface area contributed by atoms with Gasteiger partial charge >= 0.3 is 5.97 Å². The predicted molar refractivity (Wildman–Crippen MR) is 175 cm³/mol. The largest absolute Gasteiger partial charge is 0.490 e. The number of pyridine rings is 1. The molecule has 1 unspecified atom stereocenters. The molecule has 4 aromatic rings. The molecule has 0 spiro atoms. The molecule has 2 aliphatic heterocycles. The summed E-state index contributed by atoms with van der Waals surface area (Å²) in [6.45, 7) is 10.7. The molecule has 1 N–H and O–H groups in total. The highest BCUT2D eigenvalue weighted by Crippen LogP contribution is 2.45. The highest BCUT2D eigenvalue weighted by atomic mass is 19.1. The Morgan fingerprint density at radius 2 is 1.80 bits per heavy atom. The molecule has 0 aliphatic carbocycles. The molecule has 4 heterocycles. The maximum absolute atomic E-state index is 15.7. The molecule has 46 heavy (non-hydrogen) atoms. The molecule has 8 nitrogen and oxygen atoms in total. The lowest BCUT2D eigenvalue weighted by Gasteiger charge is -2.32. The molecule has 1 fully saturated rings. The Kier molecular flexibility index (Phi) is 8.40. The van der Waals surface area contributed by atoms with Gasteiger partial charge in [0.15, 0.2) is 17.7 Å². The Balaban J connectivity index is 1.51. The van der Waals surface area contributed by atoms with E-state index in [1.54, 1.807) is 45.4 Å². The van der Waals surface area contributed by atoms with Crippen LogP contribution in [-0.2, 0) is 23.0 Å². The number of carboxylic acid groups (broad SMARTS) is 1. The quantitative estimate of drug-likeness (QED) is 0.242. The van der Waals surface area contributed by atoms with Gasteiger partial charge in [0, 0.05) is 47.9 Å². The van der Waals surface area contributed by atoms with Gasteiger partial charge in [0.2, 0.25) is 0 Å². The third-order valence-corrected chi connectivity index (χ3v) is 9.34. The van der Waals surface area contributed by atoms with E-state index < -0.39 is 23.5 Å². The van der Waals surface area contributed by atoms with Crippen molar-refractivity contribution in [2.75, 3.05) is 19.7 Å². The first-order valence-corrected chi connectivity index (χ1v) is 16.1. The number of aromatic nitrogens is 2. The Labute approximate surface area is 269 Å². The van der Waals surface area contributed by atoms with Crippen molar-refractivity contribution in [2.24, 2.45) is 7.05 Å². The lowest BCUT2D eigenvalue weighted by Crippen LogP contribution is -2.38. The number of hydrogen-bond donors (Lipinski definition) is 1. The zero-order valence-electron chi connectivity index (χ0n) is 27.4. The minimum Gasteiger partial charge on any atom is -0.490 e. The van der Waals surface area contributed by atoms with E-state index in [1.807, 2.05) is 30.0 Å². The van der Waals surface area contributed by atoms with E-state index in [-0.39, 0.29) is 11.7 Å². The first kappa shape index (κ1) is 31.7. The highest BCUT2D eigenvalue weighted by Gasteiger charge is 2.35. The second kappa shape index (κ2) is 12.2. The zero-order chi connectivity index (χ0) is 32.9. The van der Waals surface area contributed by atoms with Crippen molar-refractivity contribution in [3.63, 3.8) is 0 Å². The molecule has 0 bridgehead atoms. The van der Waals surface area contributed by atoms with Crippen LogP contribution in [0.15, 0.2) is 42.5 Å². The van der Waals surface area contributed by atoms with Gasteiger partial charge in [-0.2, -0.15) is 0 Å². The van der Waals surface area contributed by atoms with Gasteiger partial charge in [-0.05, 0) is 95.0 Å². The van der Waals surface area contributed by atoms with Gasteiger partial charge in [-0.1, -0.05) is 30.3 Å². The number of hydrogen-bond acceptors (Lipinski definition) is 5. The van der Waals surface area contributed by atoms with E-state index in [1.165, 1.54) is 11.6 Å². The van der Waals surface area contributed by atoms with Gasteiger partial charge in [0.25, 0.3) is 5.91 Å². The zero-order valence-corrected chi connectivity index (χ0v) is 27.4. The second-order valence-corrected chi connectivity index (χ2v) is 13.5. The van der Waals surface area contributed by atoms with E-state index in [9.17, 15) is 14.7 Å². The van der Waals surface area contributed by atoms with E-state index in [2.05, 4.69) is 12.1 Å². The number of fused-ring (bicyclic) bond motifs is 2. The molecule has 1 amide bonds. The van der Waals surface area contributed by atoms with Crippen LogP contribution in [0.2, 0.25) is 0 Å². The van der Waals surface area contributed by atoms with Gasteiger partial charge < -0.3 is 24.0 Å². The third-order valence-electron chi connectivity index (χ3n) is 9.34. The van der Waals surface area contributed by atoms with Crippen molar-refractivity contribution in [3.05, 3.63) is 81.9 Å². The maximum atomic E-state index is 15.7. The number of amides is 1. The lowest BCUT2D eigenvalue weighted by molar-refractivity contribution is -0.160. The Morgan fingerprint density at radius 3 is 2.46 bits per heavy atom. The van der Waals surface area contributed by atoms with Crippen molar-refractivity contribution in [1.82, 2.24) is 14.5 Å². The Hall–Kier alpha value is -4.24. The van der Waals surface area contributed by atoms with Crippen LogP contribution in [0.3, 0.4) is 0 Å². The molecular formula is C37H42FN3O5. The van der Waals surface area contributed by atoms with Gasteiger partial charge in [0.05, 0.1) is 12.2 Å². The SMILES string of the molecule is Cc1nc2c(cc(C(=O)N3CCC(c4ccccc4)CC3)n2C)c(-c2cc(F)c3c(c2C)CCCO3)c1C(OC(C)(C)C)C(=O)O. The fourth-order valence-corrected chi connectivity index (χ4v) is 7.08. The minimum atomic E-state index is -1.38. The number of piperidine rings is 1. The van der Waals surface area contributed by atoms with Crippen molar-refractivity contribution in [2.45, 2.75) is 77.9 Å². The van der Waals surface area contributed by atoms with Crippen molar-refractivity contribution < 1.29 is 28.6 Å². The molecule has 242 valence electrons. The number of aliphatic carboxylic acids is 1. The van der Waals surface area contributed by atoms with Crippen LogP contribution in [0.4, 0.5) is 4.39 Å². The third kappa shape index (κ3) is 5.77. The van der Waals surface area contributed by atoms with E-state index in [4.69, 9.17) is 14.5 Å². The minimum absolute atomic E-state index is 0.111. The molecule has 9 heteroatoms. The highest BCUT2D eigenvalue weighted by molar-refractivity contribution is 6.04. The molecule has 6 rings (SSSR count). The first-order chi connectivity index (χ1) is 21.9. The van der Waals surface area contributed by atoms with Gasteiger partial charge in [-0.25, -0.2) is 14.2 Å². The van der Waals surface area contributed by atoms with E-state index in [0.717, 1.165) is 30.4 Å². The second-order valence-electron chi connectivity index (χ2n) is 13.5. The average Bonchev–Trinajstić information content (AvgIpc) is 3.36. The summed E-state index contributed by atoms with van der Waals surface area (Å²) in [5, 5.41) is 11.1. The van der Waals surface area contributed by atoms with Crippen LogP contribution < -0.4 is 4.74 Å². The number of carbonyl (C=O) groups excluding carboxylic acids is 1. The van der Waals surface area contributed by atoms with Crippen LogP contribution in [-0.4, -0.2) is 56.7 Å². The number of carbonyl (C=O) groups is 2. The molecule has 1 saturated heterocycles. The molecule has 0 radical (unpaired) electrons. The van der Waals surface area contributed by atoms with Gasteiger partial charge in [0.1, 0.15) is 11.3 Å². The molecular weight excluding hydrogens is 585 g/mol. The molecule has 2 aliphatic rings. The monoisotopic (exact) mass is 627 g/mol. The van der Waals surface area contributed by atoms with Crippen molar-refractivity contribution in [1.29, 1.82) is 0 Å². The van der Waals surface area contributed by atoms with Crippen molar-refractivity contribution in [3.8, 4) is 16.9 Å². The number of nitrogens with zero attached hydrogens (tertiary/aromatic N) is 3. The van der Waals surface area contributed by atoms with E-state index >= 15 is 4.39 Å². The van der Waals surface area contributed by atoms with Crippen LogP contribution in [0, 0.1) is 19.7 Å². The van der Waals surface area contributed by atoms with E-state index in [0.29, 0.717) is 71.1 Å². The summed E-state index contributed by atoms with van der Waals surface area (Å²) in [7, 11) is 1.80. The number of likely N-dealkylation sites (tertiary alicyclic amines) is 1. The van der Waals surface area contributed by atoms with Crippen molar-refractivity contribution >= 4 is 22.9 Å². The van der Waals surface area contributed by atoms with Crippen LogP contribution in [0.1, 0.15) is 90.5 Å².